The van der Waals surface area contributed by atoms with Gasteiger partial charge < -0.3 is 16.0 Å². The molecule has 0 radical (unpaired) electrons. The van der Waals surface area contributed by atoms with Crippen molar-refractivity contribution in [2.75, 3.05) is 16.0 Å². The first kappa shape index (κ1) is 14.7. The molecule has 2 amide bonds. The van der Waals surface area contributed by atoms with E-state index < -0.39 is 0 Å². The number of amides is 2. The van der Waals surface area contributed by atoms with Crippen molar-refractivity contribution in [2.24, 2.45) is 0 Å². The van der Waals surface area contributed by atoms with Crippen LogP contribution in [0.25, 0.3) is 0 Å². The van der Waals surface area contributed by atoms with Crippen LogP contribution in [-0.2, 0) is 0 Å². The van der Waals surface area contributed by atoms with Crippen LogP contribution in [0.2, 0.25) is 0 Å². The van der Waals surface area contributed by atoms with Gasteiger partial charge in [-0.15, -0.1) is 0 Å². The Morgan fingerprint density at radius 1 is 0.565 bits per heavy atom. The molecule has 23 heavy (non-hydrogen) atoms. The Morgan fingerprint density at radius 2 is 1.09 bits per heavy atom. The van der Waals surface area contributed by atoms with Gasteiger partial charge in [-0.05, 0) is 36.4 Å². The molecule has 0 spiro atoms. The molecule has 0 saturated heterocycles. The van der Waals surface area contributed by atoms with Crippen LogP contribution in [0, 0.1) is 0 Å². The molecule has 0 saturated carbocycles. The molecule has 0 aliphatic carbocycles. The maximum Gasteiger partial charge on any atom is 0.323 e. The molecule has 3 aromatic rings. The first-order chi connectivity index (χ1) is 11.3. The molecule has 0 atom stereocenters. The maximum atomic E-state index is 12.1. The summed E-state index contributed by atoms with van der Waals surface area (Å²) >= 11 is 0. The Morgan fingerprint density at radius 3 is 1.74 bits per heavy atom. The highest BCUT2D eigenvalue weighted by atomic mass is 16.2. The van der Waals surface area contributed by atoms with E-state index in [-0.39, 0.29) is 6.03 Å². The van der Waals surface area contributed by atoms with Gasteiger partial charge in [0.1, 0.15) is 0 Å². The van der Waals surface area contributed by atoms with Crippen LogP contribution in [0.15, 0.2) is 84.9 Å². The molecule has 0 fully saturated rings. The Labute approximate surface area is 135 Å². The third kappa shape index (κ3) is 4.11. The van der Waals surface area contributed by atoms with E-state index in [4.69, 9.17) is 0 Å². The standard InChI is InChI=1S/C19H17N3O/c23-19(21-16-11-5-2-6-12-16)22-18-14-8-7-13-17(18)20-15-9-3-1-4-10-15/h1-14,20H,(H2,21,22,23). The van der Waals surface area contributed by atoms with E-state index in [1.807, 2.05) is 84.9 Å². The molecule has 0 aliphatic heterocycles. The number of hydrogen-bond donors (Lipinski definition) is 3. The summed E-state index contributed by atoms with van der Waals surface area (Å²) in [5.74, 6) is 0. The number of urea groups is 1. The molecule has 4 nitrogen and oxygen atoms in total. The molecule has 3 rings (SSSR count). The van der Waals surface area contributed by atoms with E-state index in [1.54, 1.807) is 0 Å². The molecule has 3 N–H and O–H groups in total. The monoisotopic (exact) mass is 303 g/mol. The highest BCUT2D eigenvalue weighted by molar-refractivity contribution is 6.02. The lowest BCUT2D eigenvalue weighted by Gasteiger charge is -2.13. The van der Waals surface area contributed by atoms with Crippen molar-refractivity contribution in [2.45, 2.75) is 0 Å². The third-order valence-electron chi connectivity index (χ3n) is 3.26. The highest BCUT2D eigenvalue weighted by Crippen LogP contribution is 2.25. The average molecular weight is 303 g/mol. The number of nitrogens with one attached hydrogen (secondary N) is 3. The zero-order chi connectivity index (χ0) is 15.9. The van der Waals surface area contributed by atoms with Gasteiger partial charge in [0.2, 0.25) is 0 Å². The summed E-state index contributed by atoms with van der Waals surface area (Å²) in [6.07, 6.45) is 0. The van der Waals surface area contributed by atoms with Crippen molar-refractivity contribution < 1.29 is 4.79 Å². The Hall–Kier alpha value is -3.27. The van der Waals surface area contributed by atoms with Gasteiger partial charge in [0, 0.05) is 11.4 Å². The molecule has 114 valence electrons. The van der Waals surface area contributed by atoms with Crippen molar-refractivity contribution in [1.29, 1.82) is 0 Å². The quantitative estimate of drug-likeness (QED) is 0.630. The van der Waals surface area contributed by atoms with E-state index in [1.165, 1.54) is 0 Å². The van der Waals surface area contributed by atoms with E-state index in [9.17, 15) is 4.79 Å². The van der Waals surface area contributed by atoms with Gasteiger partial charge in [-0.25, -0.2) is 4.79 Å². The highest BCUT2D eigenvalue weighted by Gasteiger charge is 2.06. The number of anilines is 4. The van der Waals surface area contributed by atoms with E-state index in [0.717, 1.165) is 17.1 Å². The Balaban J connectivity index is 1.71. The number of hydrogen-bond acceptors (Lipinski definition) is 2. The number of carbonyl (C=O) groups is 1. The lowest BCUT2D eigenvalue weighted by Crippen LogP contribution is -2.19. The van der Waals surface area contributed by atoms with Crippen molar-refractivity contribution in [3.8, 4) is 0 Å². The molecule has 0 bridgehead atoms. The van der Waals surface area contributed by atoms with Gasteiger partial charge in [-0.2, -0.15) is 0 Å². The summed E-state index contributed by atoms with van der Waals surface area (Å²) < 4.78 is 0. The van der Waals surface area contributed by atoms with Crippen LogP contribution in [0.3, 0.4) is 0 Å². The van der Waals surface area contributed by atoms with Crippen LogP contribution >= 0.6 is 0 Å². The third-order valence-corrected chi connectivity index (χ3v) is 3.26. The Bertz CT molecular complexity index is 773. The SMILES string of the molecule is O=C(Nc1ccccc1)Nc1ccccc1Nc1ccccc1. The normalized spacial score (nSPS) is 9.91. The minimum absolute atomic E-state index is 0.279. The molecule has 0 aliphatic rings. The zero-order valence-corrected chi connectivity index (χ0v) is 12.5. The van der Waals surface area contributed by atoms with Crippen LogP contribution in [0.4, 0.5) is 27.5 Å². The topological polar surface area (TPSA) is 53.2 Å². The van der Waals surface area contributed by atoms with Crippen molar-refractivity contribution in [3.63, 3.8) is 0 Å². The molecule has 3 aromatic carbocycles. The second-order valence-corrected chi connectivity index (χ2v) is 4.98. The lowest BCUT2D eigenvalue weighted by atomic mass is 10.2. The summed E-state index contributed by atoms with van der Waals surface area (Å²) in [6.45, 7) is 0. The summed E-state index contributed by atoms with van der Waals surface area (Å²) in [4.78, 5) is 12.1. The number of carbonyl (C=O) groups excluding carboxylic acids is 1. The molecular weight excluding hydrogens is 286 g/mol. The summed E-state index contributed by atoms with van der Waals surface area (Å²) in [5.41, 5.74) is 3.26. The van der Waals surface area contributed by atoms with Crippen LogP contribution in [0.5, 0.6) is 0 Å². The number of para-hydroxylation sites is 4. The molecule has 0 aromatic heterocycles. The first-order valence-corrected chi connectivity index (χ1v) is 7.35. The predicted molar refractivity (Wildman–Crippen MR) is 95.3 cm³/mol. The molecule has 0 unspecified atom stereocenters. The molecule has 0 heterocycles. The summed E-state index contributed by atoms with van der Waals surface area (Å²) in [6, 6.07) is 26.5. The van der Waals surface area contributed by atoms with E-state index in [2.05, 4.69) is 16.0 Å². The predicted octanol–water partition coefficient (Wildman–Crippen LogP) is 5.07. The fourth-order valence-corrected chi connectivity index (χ4v) is 2.18. The smallest absolute Gasteiger partial charge is 0.323 e. The van der Waals surface area contributed by atoms with Crippen molar-refractivity contribution in [1.82, 2.24) is 0 Å². The van der Waals surface area contributed by atoms with E-state index >= 15 is 0 Å². The fourth-order valence-electron chi connectivity index (χ4n) is 2.18. The van der Waals surface area contributed by atoms with Crippen molar-refractivity contribution >= 4 is 28.8 Å². The average Bonchev–Trinajstić information content (AvgIpc) is 2.58. The second kappa shape index (κ2) is 7.13. The lowest BCUT2D eigenvalue weighted by molar-refractivity contribution is 0.262. The van der Waals surface area contributed by atoms with Crippen LogP contribution < -0.4 is 16.0 Å². The van der Waals surface area contributed by atoms with Gasteiger partial charge >= 0.3 is 6.03 Å². The fraction of sp³-hybridized carbons (Fsp3) is 0. The maximum absolute atomic E-state index is 12.1. The summed E-state index contributed by atoms with van der Waals surface area (Å²) in [5, 5.41) is 8.97. The molecular formula is C19H17N3O. The van der Waals surface area contributed by atoms with Gasteiger partial charge in [-0.3, -0.25) is 0 Å². The zero-order valence-electron chi connectivity index (χ0n) is 12.5. The van der Waals surface area contributed by atoms with Gasteiger partial charge in [0.15, 0.2) is 0 Å². The van der Waals surface area contributed by atoms with Crippen LogP contribution in [0.1, 0.15) is 0 Å². The van der Waals surface area contributed by atoms with Crippen LogP contribution in [-0.4, -0.2) is 6.03 Å². The number of benzene rings is 3. The molecule has 4 heteroatoms. The van der Waals surface area contributed by atoms with Gasteiger partial charge in [-0.1, -0.05) is 48.5 Å². The number of rotatable bonds is 4. The minimum Gasteiger partial charge on any atom is -0.354 e. The Kier molecular flexibility index (Phi) is 4.55. The van der Waals surface area contributed by atoms with Gasteiger partial charge in [0.25, 0.3) is 0 Å². The largest absolute Gasteiger partial charge is 0.354 e. The van der Waals surface area contributed by atoms with Crippen molar-refractivity contribution in [3.05, 3.63) is 84.9 Å². The summed E-state index contributed by atoms with van der Waals surface area (Å²) in [7, 11) is 0. The van der Waals surface area contributed by atoms with Gasteiger partial charge in [0.05, 0.1) is 11.4 Å². The van der Waals surface area contributed by atoms with E-state index in [0.29, 0.717) is 5.69 Å². The second-order valence-electron chi connectivity index (χ2n) is 4.98. The first-order valence-electron chi connectivity index (χ1n) is 7.35. The minimum atomic E-state index is -0.279.